The summed E-state index contributed by atoms with van der Waals surface area (Å²) in [4.78, 5) is 15.9. The highest BCUT2D eigenvalue weighted by molar-refractivity contribution is 6.30. The predicted octanol–water partition coefficient (Wildman–Crippen LogP) is 2.98. The second-order valence-corrected chi connectivity index (χ2v) is 4.16. The molecule has 3 aromatic heterocycles. The predicted molar refractivity (Wildman–Crippen MR) is 66.9 cm³/mol. The molecule has 0 unspecified atom stereocenters. The Kier molecular flexibility index (Phi) is 2.30. The van der Waals surface area contributed by atoms with Gasteiger partial charge in [-0.3, -0.25) is 4.98 Å². The minimum Gasteiger partial charge on any atom is -0.330 e. The van der Waals surface area contributed by atoms with E-state index in [9.17, 15) is 0 Å². The highest BCUT2D eigenvalue weighted by Gasteiger charge is 2.08. The number of hydrogen-bond acceptors (Lipinski definition) is 3. The molecule has 0 fully saturated rings. The number of H-pyrrole nitrogens is 1. The first-order chi connectivity index (χ1) is 8.24. The molecule has 0 aromatic carbocycles. The monoisotopic (exact) mass is 244 g/mol. The molecule has 3 rings (SSSR count). The van der Waals surface area contributed by atoms with Gasteiger partial charge in [0.25, 0.3) is 0 Å². The number of aromatic amines is 1. The molecular formula is C12H9ClN4. The normalized spacial score (nSPS) is 10.9. The summed E-state index contributed by atoms with van der Waals surface area (Å²) in [6.07, 6.45) is 3.44. The van der Waals surface area contributed by atoms with E-state index in [-0.39, 0.29) is 0 Å². The fraction of sp³-hybridized carbons (Fsp3) is 0.0833. The third-order valence-corrected chi connectivity index (χ3v) is 2.79. The maximum atomic E-state index is 5.92. The van der Waals surface area contributed by atoms with Crippen LogP contribution in [-0.2, 0) is 0 Å². The van der Waals surface area contributed by atoms with Gasteiger partial charge in [0, 0.05) is 23.3 Å². The number of aromatic nitrogens is 4. The summed E-state index contributed by atoms with van der Waals surface area (Å²) >= 11 is 5.92. The van der Waals surface area contributed by atoms with E-state index in [1.807, 2.05) is 25.1 Å². The number of fused-ring (bicyclic) bond motifs is 1. The molecule has 0 bridgehead atoms. The van der Waals surface area contributed by atoms with Crippen LogP contribution in [0.3, 0.4) is 0 Å². The van der Waals surface area contributed by atoms with Gasteiger partial charge in [-0.1, -0.05) is 11.6 Å². The van der Waals surface area contributed by atoms with Crippen LogP contribution >= 0.6 is 11.6 Å². The molecular weight excluding hydrogens is 236 g/mol. The quantitative estimate of drug-likeness (QED) is 0.716. The van der Waals surface area contributed by atoms with Gasteiger partial charge in [-0.15, -0.1) is 0 Å². The summed E-state index contributed by atoms with van der Waals surface area (Å²) in [7, 11) is 0. The maximum Gasteiger partial charge on any atom is 0.161 e. The first kappa shape index (κ1) is 10.2. The number of nitrogens with zero attached hydrogens (tertiary/aromatic N) is 3. The number of nitrogens with one attached hydrogen (secondary N) is 1. The summed E-state index contributed by atoms with van der Waals surface area (Å²) in [5.41, 5.74) is 2.61. The lowest BCUT2D eigenvalue weighted by molar-refractivity contribution is 1.14. The molecule has 0 amide bonds. The van der Waals surface area contributed by atoms with Crippen LogP contribution in [0.2, 0.25) is 5.15 Å². The Balaban J connectivity index is 2.25. The Morgan fingerprint density at radius 2 is 1.94 bits per heavy atom. The lowest BCUT2D eigenvalue weighted by atomic mass is 10.2. The summed E-state index contributed by atoms with van der Waals surface area (Å²) in [5.74, 6) is 0.677. The summed E-state index contributed by atoms with van der Waals surface area (Å²) in [5, 5.41) is 1.53. The molecule has 84 valence electrons. The summed E-state index contributed by atoms with van der Waals surface area (Å²) < 4.78 is 0. The minimum absolute atomic E-state index is 0.573. The van der Waals surface area contributed by atoms with E-state index in [0.717, 1.165) is 22.3 Å². The van der Waals surface area contributed by atoms with E-state index in [0.29, 0.717) is 11.0 Å². The van der Waals surface area contributed by atoms with Crippen LogP contribution in [0, 0.1) is 6.92 Å². The van der Waals surface area contributed by atoms with Crippen molar-refractivity contribution in [3.05, 3.63) is 41.4 Å². The van der Waals surface area contributed by atoms with Crippen LogP contribution in [0.5, 0.6) is 0 Å². The lowest BCUT2D eigenvalue weighted by Gasteiger charge is -2.01. The lowest BCUT2D eigenvalue weighted by Crippen LogP contribution is -1.93. The van der Waals surface area contributed by atoms with Crippen LogP contribution in [0.15, 0.2) is 30.6 Å². The van der Waals surface area contributed by atoms with Gasteiger partial charge in [-0.2, -0.15) is 0 Å². The Morgan fingerprint density at radius 1 is 1.18 bits per heavy atom. The molecule has 0 atom stereocenters. The molecule has 4 nitrogen and oxygen atoms in total. The van der Waals surface area contributed by atoms with Crippen LogP contribution in [0.25, 0.3) is 22.4 Å². The fourth-order valence-corrected chi connectivity index (χ4v) is 1.95. The average molecular weight is 245 g/mol. The van der Waals surface area contributed by atoms with Crippen molar-refractivity contribution in [2.75, 3.05) is 0 Å². The highest BCUT2D eigenvalue weighted by Crippen LogP contribution is 2.23. The topological polar surface area (TPSA) is 54.5 Å². The van der Waals surface area contributed by atoms with Crippen molar-refractivity contribution in [2.24, 2.45) is 0 Å². The average Bonchev–Trinajstić information content (AvgIpc) is 2.71. The van der Waals surface area contributed by atoms with E-state index >= 15 is 0 Å². The molecule has 1 N–H and O–H groups in total. The second kappa shape index (κ2) is 3.82. The first-order valence-corrected chi connectivity index (χ1v) is 5.55. The fourth-order valence-electron chi connectivity index (χ4n) is 1.76. The smallest absolute Gasteiger partial charge is 0.161 e. The highest BCUT2D eigenvalue weighted by atomic mass is 35.5. The molecule has 3 aromatic rings. The SMILES string of the molecule is Cc1nc(-c2ccncc2)nc2[nH]c(Cl)cc12. The molecule has 5 heteroatoms. The molecule has 0 saturated carbocycles. The van der Waals surface area contributed by atoms with Gasteiger partial charge in [-0.05, 0) is 25.1 Å². The van der Waals surface area contributed by atoms with E-state index in [1.165, 1.54) is 0 Å². The van der Waals surface area contributed by atoms with Gasteiger partial charge in [0.15, 0.2) is 5.82 Å². The van der Waals surface area contributed by atoms with Crippen molar-refractivity contribution in [1.29, 1.82) is 0 Å². The Labute approximate surface area is 103 Å². The molecule has 0 spiro atoms. The molecule has 17 heavy (non-hydrogen) atoms. The molecule has 0 radical (unpaired) electrons. The van der Waals surface area contributed by atoms with Gasteiger partial charge in [0.1, 0.15) is 10.8 Å². The summed E-state index contributed by atoms with van der Waals surface area (Å²) in [6, 6.07) is 5.60. The van der Waals surface area contributed by atoms with E-state index < -0.39 is 0 Å². The largest absolute Gasteiger partial charge is 0.330 e. The third kappa shape index (κ3) is 1.76. The van der Waals surface area contributed by atoms with Gasteiger partial charge < -0.3 is 4.98 Å². The van der Waals surface area contributed by atoms with Crippen molar-refractivity contribution in [3.8, 4) is 11.4 Å². The molecule has 0 aliphatic rings. The number of aryl methyl sites for hydroxylation is 1. The van der Waals surface area contributed by atoms with Crippen molar-refractivity contribution in [2.45, 2.75) is 6.92 Å². The van der Waals surface area contributed by atoms with Crippen molar-refractivity contribution < 1.29 is 0 Å². The Hall–Kier alpha value is -1.94. The maximum absolute atomic E-state index is 5.92. The Morgan fingerprint density at radius 3 is 2.71 bits per heavy atom. The number of hydrogen-bond donors (Lipinski definition) is 1. The van der Waals surface area contributed by atoms with Gasteiger partial charge in [0.05, 0.1) is 5.69 Å². The van der Waals surface area contributed by atoms with Gasteiger partial charge in [-0.25, -0.2) is 9.97 Å². The van der Waals surface area contributed by atoms with Crippen LogP contribution < -0.4 is 0 Å². The van der Waals surface area contributed by atoms with Crippen molar-refractivity contribution in [3.63, 3.8) is 0 Å². The molecule has 3 heterocycles. The molecule has 0 saturated heterocycles. The standard InChI is InChI=1S/C12H9ClN4/c1-7-9-6-10(13)16-12(9)17-11(15-7)8-2-4-14-5-3-8/h2-6H,1H3,(H,15,16,17). The van der Waals surface area contributed by atoms with Gasteiger partial charge in [0.2, 0.25) is 0 Å². The first-order valence-electron chi connectivity index (χ1n) is 5.17. The van der Waals surface area contributed by atoms with Crippen LogP contribution in [0.1, 0.15) is 5.69 Å². The van der Waals surface area contributed by atoms with E-state index in [2.05, 4.69) is 19.9 Å². The zero-order chi connectivity index (χ0) is 11.8. The van der Waals surface area contributed by atoms with E-state index in [4.69, 9.17) is 11.6 Å². The summed E-state index contributed by atoms with van der Waals surface area (Å²) in [6.45, 7) is 1.94. The number of halogens is 1. The van der Waals surface area contributed by atoms with Crippen molar-refractivity contribution >= 4 is 22.6 Å². The molecule has 0 aliphatic heterocycles. The molecule has 0 aliphatic carbocycles. The second-order valence-electron chi connectivity index (χ2n) is 3.75. The Bertz CT molecular complexity index is 676. The third-order valence-electron chi connectivity index (χ3n) is 2.58. The van der Waals surface area contributed by atoms with Crippen LogP contribution in [0.4, 0.5) is 0 Å². The zero-order valence-corrected chi connectivity index (χ0v) is 9.86. The number of pyridine rings is 1. The van der Waals surface area contributed by atoms with Crippen LogP contribution in [-0.4, -0.2) is 19.9 Å². The minimum atomic E-state index is 0.573. The number of rotatable bonds is 1. The zero-order valence-electron chi connectivity index (χ0n) is 9.11. The van der Waals surface area contributed by atoms with E-state index in [1.54, 1.807) is 12.4 Å². The van der Waals surface area contributed by atoms with Crippen molar-refractivity contribution in [1.82, 2.24) is 19.9 Å². The van der Waals surface area contributed by atoms with Gasteiger partial charge >= 0.3 is 0 Å².